The third-order valence-electron chi connectivity index (χ3n) is 6.25. The number of ketones is 1. The molecular formula is C22H31NO3. The van der Waals surface area contributed by atoms with Gasteiger partial charge in [-0.05, 0) is 63.6 Å². The van der Waals surface area contributed by atoms with Gasteiger partial charge in [-0.25, -0.2) is 0 Å². The molecule has 0 aliphatic heterocycles. The first-order chi connectivity index (χ1) is 12.2. The van der Waals surface area contributed by atoms with E-state index in [0.29, 0.717) is 6.42 Å². The van der Waals surface area contributed by atoms with Crippen LogP contribution in [0.5, 0.6) is 0 Å². The summed E-state index contributed by atoms with van der Waals surface area (Å²) >= 11 is 0. The summed E-state index contributed by atoms with van der Waals surface area (Å²) in [5, 5.41) is 13.7. The van der Waals surface area contributed by atoms with Crippen molar-refractivity contribution in [1.29, 1.82) is 0 Å². The van der Waals surface area contributed by atoms with E-state index in [1.807, 2.05) is 20.8 Å². The highest BCUT2D eigenvalue weighted by Crippen LogP contribution is 2.40. The van der Waals surface area contributed by atoms with Crippen LogP contribution in [0.15, 0.2) is 12.1 Å². The standard InChI is InChI=1S/C22H31NO3/c1-13-9-14(2)19(15(3)10-13)20-17(24)11-16(21(20)26)12-18(25)23-22(4)7-5-6-8-22/h9-10,16-17,20,24H,5-8,11-12H2,1-4H3,(H,23,25). The van der Waals surface area contributed by atoms with Gasteiger partial charge >= 0.3 is 0 Å². The van der Waals surface area contributed by atoms with Crippen molar-refractivity contribution < 1.29 is 14.7 Å². The summed E-state index contributed by atoms with van der Waals surface area (Å²) in [5.74, 6) is -0.937. The second kappa shape index (κ2) is 7.15. The molecule has 1 aromatic rings. The van der Waals surface area contributed by atoms with Crippen molar-refractivity contribution in [3.05, 3.63) is 34.4 Å². The molecule has 3 atom stereocenters. The molecule has 2 fully saturated rings. The molecule has 0 heterocycles. The molecule has 2 N–H and O–H groups in total. The topological polar surface area (TPSA) is 66.4 Å². The summed E-state index contributed by atoms with van der Waals surface area (Å²) < 4.78 is 0. The Morgan fingerprint density at radius 1 is 1.19 bits per heavy atom. The zero-order chi connectivity index (χ0) is 19.1. The van der Waals surface area contributed by atoms with Gasteiger partial charge in [0.25, 0.3) is 0 Å². The number of nitrogens with one attached hydrogen (secondary N) is 1. The number of aliphatic hydroxyl groups excluding tert-OH is 1. The Labute approximate surface area is 156 Å². The van der Waals surface area contributed by atoms with Gasteiger partial charge in [-0.1, -0.05) is 30.5 Å². The number of carbonyl (C=O) groups is 2. The Morgan fingerprint density at radius 3 is 2.35 bits per heavy atom. The molecule has 0 bridgehead atoms. The number of aliphatic hydroxyl groups is 1. The van der Waals surface area contributed by atoms with Gasteiger partial charge in [0, 0.05) is 17.9 Å². The molecule has 1 amide bonds. The summed E-state index contributed by atoms with van der Waals surface area (Å²) in [6, 6.07) is 4.12. The van der Waals surface area contributed by atoms with Crippen LogP contribution in [0, 0.1) is 26.7 Å². The fourth-order valence-corrected chi connectivity index (χ4v) is 5.08. The third kappa shape index (κ3) is 3.71. The zero-order valence-electron chi connectivity index (χ0n) is 16.4. The van der Waals surface area contributed by atoms with Crippen LogP contribution in [0.25, 0.3) is 0 Å². The number of rotatable bonds is 4. The van der Waals surface area contributed by atoms with Crippen LogP contribution in [0.4, 0.5) is 0 Å². The highest BCUT2D eigenvalue weighted by Gasteiger charge is 2.44. The van der Waals surface area contributed by atoms with Crippen LogP contribution in [-0.4, -0.2) is 28.4 Å². The van der Waals surface area contributed by atoms with E-state index in [4.69, 9.17) is 0 Å². The lowest BCUT2D eigenvalue weighted by molar-refractivity contribution is -0.129. The predicted octanol–water partition coefficient (Wildman–Crippen LogP) is 3.48. The molecule has 1 aromatic carbocycles. The molecule has 4 nitrogen and oxygen atoms in total. The summed E-state index contributed by atoms with van der Waals surface area (Å²) in [6.45, 7) is 8.12. The predicted molar refractivity (Wildman–Crippen MR) is 102 cm³/mol. The maximum Gasteiger partial charge on any atom is 0.221 e. The van der Waals surface area contributed by atoms with Crippen LogP contribution in [0.2, 0.25) is 0 Å². The van der Waals surface area contributed by atoms with Crippen molar-refractivity contribution in [2.45, 2.75) is 83.8 Å². The van der Waals surface area contributed by atoms with Gasteiger partial charge in [0.15, 0.2) is 0 Å². The molecule has 0 spiro atoms. The van der Waals surface area contributed by atoms with Crippen molar-refractivity contribution in [3.63, 3.8) is 0 Å². The fraction of sp³-hybridized carbons (Fsp3) is 0.636. The smallest absolute Gasteiger partial charge is 0.221 e. The molecule has 0 saturated heterocycles. The summed E-state index contributed by atoms with van der Waals surface area (Å²) in [5.41, 5.74) is 4.07. The van der Waals surface area contributed by atoms with Crippen molar-refractivity contribution in [2.24, 2.45) is 5.92 Å². The SMILES string of the molecule is Cc1cc(C)c(C2C(=O)C(CC(=O)NC3(C)CCCC3)CC2O)c(C)c1. The van der Waals surface area contributed by atoms with Crippen molar-refractivity contribution >= 4 is 11.7 Å². The van der Waals surface area contributed by atoms with Gasteiger partial charge in [-0.15, -0.1) is 0 Å². The Balaban J connectivity index is 1.73. The van der Waals surface area contributed by atoms with E-state index >= 15 is 0 Å². The molecule has 3 unspecified atom stereocenters. The van der Waals surface area contributed by atoms with E-state index in [0.717, 1.165) is 47.9 Å². The van der Waals surface area contributed by atoms with E-state index in [-0.39, 0.29) is 29.6 Å². The van der Waals surface area contributed by atoms with Crippen LogP contribution in [-0.2, 0) is 9.59 Å². The Bertz CT molecular complexity index is 695. The van der Waals surface area contributed by atoms with E-state index < -0.39 is 12.0 Å². The maximum absolute atomic E-state index is 13.0. The number of Topliss-reactive ketones (excluding diaryl/α,β-unsaturated/α-hetero) is 1. The van der Waals surface area contributed by atoms with Crippen LogP contribution in [0.3, 0.4) is 0 Å². The highest BCUT2D eigenvalue weighted by atomic mass is 16.3. The first-order valence-electron chi connectivity index (χ1n) is 9.81. The minimum atomic E-state index is -0.706. The second-order valence-electron chi connectivity index (χ2n) is 8.71. The zero-order valence-corrected chi connectivity index (χ0v) is 16.4. The molecule has 4 heteroatoms. The molecular weight excluding hydrogens is 326 g/mol. The van der Waals surface area contributed by atoms with Crippen molar-refractivity contribution in [2.75, 3.05) is 0 Å². The average molecular weight is 357 g/mol. The van der Waals surface area contributed by atoms with Gasteiger partial charge in [0.2, 0.25) is 5.91 Å². The lowest BCUT2D eigenvalue weighted by atomic mass is 9.85. The Kier molecular flexibility index (Phi) is 5.25. The van der Waals surface area contributed by atoms with Crippen molar-refractivity contribution in [1.82, 2.24) is 5.32 Å². The van der Waals surface area contributed by atoms with Gasteiger partial charge in [0.1, 0.15) is 5.78 Å². The Hall–Kier alpha value is -1.68. The van der Waals surface area contributed by atoms with Gasteiger partial charge < -0.3 is 10.4 Å². The number of hydrogen-bond donors (Lipinski definition) is 2. The fourth-order valence-electron chi connectivity index (χ4n) is 5.08. The molecule has 3 rings (SSSR count). The normalized spacial score (nSPS) is 27.7. The largest absolute Gasteiger partial charge is 0.392 e. The summed E-state index contributed by atoms with van der Waals surface area (Å²) in [6.07, 6.45) is 4.15. The van der Waals surface area contributed by atoms with Gasteiger partial charge in [0.05, 0.1) is 12.0 Å². The molecule has 2 saturated carbocycles. The van der Waals surface area contributed by atoms with E-state index in [2.05, 4.69) is 24.4 Å². The first-order valence-corrected chi connectivity index (χ1v) is 9.81. The van der Waals surface area contributed by atoms with Crippen LogP contribution < -0.4 is 5.32 Å². The highest BCUT2D eigenvalue weighted by molar-refractivity contribution is 5.94. The minimum absolute atomic E-state index is 0.0132. The molecule has 2 aliphatic carbocycles. The summed E-state index contributed by atoms with van der Waals surface area (Å²) in [4.78, 5) is 25.5. The minimum Gasteiger partial charge on any atom is -0.392 e. The monoisotopic (exact) mass is 357 g/mol. The van der Waals surface area contributed by atoms with Crippen molar-refractivity contribution in [3.8, 4) is 0 Å². The van der Waals surface area contributed by atoms with Crippen LogP contribution >= 0.6 is 0 Å². The number of benzene rings is 1. The summed E-state index contributed by atoms with van der Waals surface area (Å²) in [7, 11) is 0. The lowest BCUT2D eigenvalue weighted by Gasteiger charge is -2.26. The second-order valence-corrected chi connectivity index (χ2v) is 8.71. The van der Waals surface area contributed by atoms with E-state index in [1.165, 1.54) is 0 Å². The molecule has 26 heavy (non-hydrogen) atoms. The lowest BCUT2D eigenvalue weighted by Crippen LogP contribution is -2.44. The molecule has 142 valence electrons. The van der Waals surface area contributed by atoms with E-state index in [9.17, 15) is 14.7 Å². The van der Waals surface area contributed by atoms with Gasteiger partial charge in [-0.3, -0.25) is 9.59 Å². The van der Waals surface area contributed by atoms with Crippen LogP contribution in [0.1, 0.15) is 73.6 Å². The number of hydrogen-bond acceptors (Lipinski definition) is 3. The number of aryl methyl sites for hydroxylation is 3. The molecule has 2 aliphatic rings. The number of amides is 1. The number of carbonyl (C=O) groups excluding carboxylic acids is 2. The van der Waals surface area contributed by atoms with E-state index in [1.54, 1.807) is 0 Å². The Morgan fingerprint density at radius 2 is 1.77 bits per heavy atom. The van der Waals surface area contributed by atoms with Gasteiger partial charge in [-0.2, -0.15) is 0 Å². The molecule has 0 radical (unpaired) electrons. The third-order valence-corrected chi connectivity index (χ3v) is 6.25. The average Bonchev–Trinajstić information content (AvgIpc) is 3.05. The quantitative estimate of drug-likeness (QED) is 0.867. The maximum atomic E-state index is 13.0. The molecule has 0 aromatic heterocycles. The first kappa shape index (κ1) is 19.1.